The molecule has 1 unspecified atom stereocenters. The molecule has 0 heterocycles. The molecule has 1 rings (SSSR count). The first-order valence-electron chi connectivity index (χ1n) is 7.05. The summed E-state index contributed by atoms with van der Waals surface area (Å²) in [5.74, 6) is 1.68. The fourth-order valence-corrected chi connectivity index (χ4v) is 2.54. The molecule has 0 saturated heterocycles. The molecule has 0 radical (unpaired) electrons. The van der Waals surface area contributed by atoms with E-state index in [1.807, 2.05) is 0 Å². The van der Waals surface area contributed by atoms with Crippen molar-refractivity contribution in [2.75, 3.05) is 13.2 Å². The molecule has 0 aromatic rings. The first kappa shape index (κ1) is 14.5. The second kappa shape index (κ2) is 7.70. The van der Waals surface area contributed by atoms with Gasteiger partial charge >= 0.3 is 0 Å². The number of carbonyl (C=O) groups excluding carboxylic acids is 1. The van der Waals surface area contributed by atoms with Crippen LogP contribution in [0.2, 0.25) is 0 Å². The van der Waals surface area contributed by atoms with Crippen LogP contribution in [0.4, 0.5) is 0 Å². The lowest BCUT2D eigenvalue weighted by atomic mass is 9.82. The standard InChI is InChI=1S/C14H27NO2/c1-3-12(8-9-16)10-15-14(17)13-6-4-11(2)5-7-13/h11-13,16H,3-10H2,1-2H3,(H,15,17). The van der Waals surface area contributed by atoms with Gasteiger partial charge in [0.1, 0.15) is 0 Å². The molecule has 17 heavy (non-hydrogen) atoms. The van der Waals surface area contributed by atoms with Gasteiger partial charge in [0.25, 0.3) is 0 Å². The van der Waals surface area contributed by atoms with E-state index >= 15 is 0 Å². The molecule has 1 fully saturated rings. The Bertz CT molecular complexity index is 222. The van der Waals surface area contributed by atoms with Crippen molar-refractivity contribution in [2.45, 2.75) is 52.4 Å². The number of carbonyl (C=O) groups is 1. The van der Waals surface area contributed by atoms with Gasteiger partial charge in [-0.2, -0.15) is 0 Å². The van der Waals surface area contributed by atoms with Gasteiger partial charge in [0.2, 0.25) is 5.91 Å². The number of aliphatic hydroxyl groups excluding tert-OH is 1. The fraction of sp³-hybridized carbons (Fsp3) is 0.929. The van der Waals surface area contributed by atoms with Gasteiger partial charge < -0.3 is 10.4 Å². The molecular formula is C14H27NO2. The lowest BCUT2D eigenvalue weighted by molar-refractivity contribution is -0.126. The third-order valence-corrected chi connectivity index (χ3v) is 4.07. The van der Waals surface area contributed by atoms with E-state index in [2.05, 4.69) is 19.2 Å². The lowest BCUT2D eigenvalue weighted by Gasteiger charge is -2.26. The Labute approximate surface area is 105 Å². The summed E-state index contributed by atoms with van der Waals surface area (Å²) in [4.78, 5) is 12.0. The first-order valence-corrected chi connectivity index (χ1v) is 7.05. The van der Waals surface area contributed by atoms with Gasteiger partial charge in [-0.1, -0.05) is 20.3 Å². The highest BCUT2D eigenvalue weighted by Gasteiger charge is 2.24. The SMILES string of the molecule is CCC(CCO)CNC(=O)C1CCC(C)CC1. The van der Waals surface area contributed by atoms with Gasteiger partial charge in [-0.15, -0.1) is 0 Å². The highest BCUT2D eigenvalue weighted by Crippen LogP contribution is 2.28. The molecule has 0 aliphatic heterocycles. The van der Waals surface area contributed by atoms with Crippen molar-refractivity contribution in [3.8, 4) is 0 Å². The van der Waals surface area contributed by atoms with E-state index in [1.165, 1.54) is 12.8 Å². The third-order valence-electron chi connectivity index (χ3n) is 4.07. The van der Waals surface area contributed by atoms with Gasteiger partial charge in [0, 0.05) is 19.1 Å². The molecule has 1 amide bonds. The molecule has 1 saturated carbocycles. The molecule has 1 aliphatic carbocycles. The number of rotatable bonds is 6. The van der Waals surface area contributed by atoms with Gasteiger partial charge in [-0.25, -0.2) is 0 Å². The molecular weight excluding hydrogens is 214 g/mol. The fourth-order valence-electron chi connectivity index (χ4n) is 2.54. The third kappa shape index (κ3) is 5.07. The summed E-state index contributed by atoms with van der Waals surface area (Å²) in [5.41, 5.74) is 0. The van der Waals surface area contributed by atoms with Crippen molar-refractivity contribution in [1.82, 2.24) is 5.32 Å². The van der Waals surface area contributed by atoms with Crippen LogP contribution in [0.3, 0.4) is 0 Å². The Hall–Kier alpha value is -0.570. The Balaban J connectivity index is 2.24. The molecule has 0 aromatic heterocycles. The number of hydrogen-bond donors (Lipinski definition) is 2. The Morgan fingerprint density at radius 2 is 2.00 bits per heavy atom. The minimum atomic E-state index is 0.218. The van der Waals surface area contributed by atoms with Crippen molar-refractivity contribution in [3.63, 3.8) is 0 Å². The summed E-state index contributed by atoms with van der Waals surface area (Å²) in [7, 11) is 0. The van der Waals surface area contributed by atoms with Crippen LogP contribution in [-0.2, 0) is 4.79 Å². The topological polar surface area (TPSA) is 49.3 Å². The largest absolute Gasteiger partial charge is 0.396 e. The van der Waals surface area contributed by atoms with Crippen LogP contribution in [0.15, 0.2) is 0 Å². The number of aliphatic hydroxyl groups is 1. The molecule has 3 nitrogen and oxygen atoms in total. The monoisotopic (exact) mass is 241 g/mol. The summed E-state index contributed by atoms with van der Waals surface area (Å²) in [6.07, 6.45) is 6.27. The zero-order valence-electron chi connectivity index (χ0n) is 11.2. The van der Waals surface area contributed by atoms with Crippen LogP contribution in [0, 0.1) is 17.8 Å². The summed E-state index contributed by atoms with van der Waals surface area (Å²) in [5, 5.41) is 12.0. The summed E-state index contributed by atoms with van der Waals surface area (Å²) >= 11 is 0. The number of nitrogens with one attached hydrogen (secondary N) is 1. The molecule has 100 valence electrons. The van der Waals surface area contributed by atoms with Crippen molar-refractivity contribution in [3.05, 3.63) is 0 Å². The zero-order chi connectivity index (χ0) is 12.7. The minimum absolute atomic E-state index is 0.218. The second-order valence-electron chi connectivity index (χ2n) is 5.49. The van der Waals surface area contributed by atoms with Crippen LogP contribution >= 0.6 is 0 Å². The Morgan fingerprint density at radius 1 is 1.35 bits per heavy atom. The maximum Gasteiger partial charge on any atom is 0.223 e. The second-order valence-corrected chi connectivity index (χ2v) is 5.49. The molecule has 0 aromatic carbocycles. The molecule has 1 atom stereocenters. The predicted octanol–water partition coefficient (Wildman–Crippen LogP) is 2.34. The van der Waals surface area contributed by atoms with Crippen molar-refractivity contribution in [2.24, 2.45) is 17.8 Å². The van der Waals surface area contributed by atoms with Crippen molar-refractivity contribution >= 4 is 5.91 Å². The predicted molar refractivity (Wildman–Crippen MR) is 69.6 cm³/mol. The van der Waals surface area contributed by atoms with Crippen LogP contribution in [0.1, 0.15) is 52.4 Å². The van der Waals surface area contributed by atoms with Crippen LogP contribution in [0.5, 0.6) is 0 Å². The summed E-state index contributed by atoms with van der Waals surface area (Å²) in [6.45, 7) is 5.31. The van der Waals surface area contributed by atoms with Crippen molar-refractivity contribution < 1.29 is 9.90 Å². The van der Waals surface area contributed by atoms with E-state index in [-0.39, 0.29) is 18.4 Å². The van der Waals surface area contributed by atoms with Crippen molar-refractivity contribution in [1.29, 1.82) is 0 Å². The minimum Gasteiger partial charge on any atom is -0.396 e. The smallest absolute Gasteiger partial charge is 0.223 e. The maximum absolute atomic E-state index is 12.0. The lowest BCUT2D eigenvalue weighted by Crippen LogP contribution is -2.36. The molecule has 0 bridgehead atoms. The summed E-state index contributed by atoms with van der Waals surface area (Å²) < 4.78 is 0. The molecule has 3 heteroatoms. The molecule has 1 aliphatic rings. The quantitative estimate of drug-likeness (QED) is 0.750. The van der Waals surface area contributed by atoms with Gasteiger partial charge in [0.05, 0.1) is 0 Å². The molecule has 0 spiro atoms. The first-order chi connectivity index (χ1) is 8.17. The van der Waals surface area contributed by atoms with E-state index in [4.69, 9.17) is 5.11 Å². The Kier molecular flexibility index (Phi) is 6.56. The Morgan fingerprint density at radius 3 is 2.53 bits per heavy atom. The van der Waals surface area contributed by atoms with E-state index in [9.17, 15) is 4.79 Å². The average molecular weight is 241 g/mol. The van der Waals surface area contributed by atoms with Gasteiger partial charge in [0.15, 0.2) is 0 Å². The highest BCUT2D eigenvalue weighted by molar-refractivity contribution is 5.78. The van der Waals surface area contributed by atoms with Crippen LogP contribution in [0.25, 0.3) is 0 Å². The van der Waals surface area contributed by atoms with E-state index in [0.29, 0.717) is 5.92 Å². The normalized spacial score (nSPS) is 26.5. The van der Waals surface area contributed by atoms with Crippen LogP contribution in [-0.4, -0.2) is 24.2 Å². The van der Waals surface area contributed by atoms with Crippen LogP contribution < -0.4 is 5.32 Å². The van der Waals surface area contributed by atoms with E-state index < -0.39 is 0 Å². The molecule has 2 N–H and O–H groups in total. The summed E-state index contributed by atoms with van der Waals surface area (Å²) in [6, 6.07) is 0. The van der Waals surface area contributed by atoms with E-state index in [1.54, 1.807) is 0 Å². The van der Waals surface area contributed by atoms with Gasteiger partial charge in [-0.3, -0.25) is 4.79 Å². The van der Waals surface area contributed by atoms with E-state index in [0.717, 1.165) is 38.1 Å². The highest BCUT2D eigenvalue weighted by atomic mass is 16.3. The maximum atomic E-state index is 12.0. The van der Waals surface area contributed by atoms with Gasteiger partial charge in [-0.05, 0) is 43.9 Å². The number of hydrogen-bond acceptors (Lipinski definition) is 2. The number of amides is 1. The zero-order valence-corrected chi connectivity index (χ0v) is 11.2. The average Bonchev–Trinajstić information content (AvgIpc) is 2.35.